The minimum atomic E-state index is -3.80. The summed E-state index contributed by atoms with van der Waals surface area (Å²) in [4.78, 5) is 0.140. The van der Waals surface area contributed by atoms with Gasteiger partial charge in [0.15, 0.2) is 17.2 Å². The van der Waals surface area contributed by atoms with Crippen molar-refractivity contribution in [2.75, 3.05) is 0 Å². The third-order valence-electron chi connectivity index (χ3n) is 3.61. The topological polar surface area (TPSA) is 83.3 Å². The van der Waals surface area contributed by atoms with Gasteiger partial charge < -0.3 is 9.47 Å². The predicted molar refractivity (Wildman–Crippen MR) is 84.2 cm³/mol. The number of hydrogen-bond acceptors (Lipinski definition) is 6. The fourth-order valence-corrected chi connectivity index (χ4v) is 3.40. The van der Waals surface area contributed by atoms with Gasteiger partial charge in [-0.1, -0.05) is 35.0 Å². The van der Waals surface area contributed by atoms with Crippen LogP contribution in [0.5, 0.6) is 11.5 Å². The van der Waals surface area contributed by atoms with Crippen molar-refractivity contribution in [1.82, 2.24) is 14.4 Å². The lowest BCUT2D eigenvalue weighted by atomic mass is 10.2. The first-order chi connectivity index (χ1) is 11.5. The zero-order valence-corrected chi connectivity index (χ0v) is 13.5. The lowest BCUT2D eigenvalue weighted by molar-refractivity contribution is 0.0446. The largest absolute Gasteiger partial charge is 0.445 e. The van der Waals surface area contributed by atoms with Gasteiger partial charge in [-0.25, -0.2) is 0 Å². The van der Waals surface area contributed by atoms with E-state index in [1.54, 1.807) is 24.3 Å². The zero-order valence-electron chi connectivity index (χ0n) is 12.7. The molecule has 0 saturated heterocycles. The Balaban J connectivity index is 1.63. The Hall–Kier alpha value is -2.87. The Morgan fingerprint density at radius 1 is 1.00 bits per heavy atom. The predicted octanol–water partition coefficient (Wildman–Crippen LogP) is 2.29. The lowest BCUT2D eigenvalue weighted by Crippen LogP contribution is -2.14. The molecule has 2 aromatic carbocycles. The SMILES string of the molecule is Cc1ccc(S(=O)(=O)n2cc(C3Oc4ccccc4O3)nn2)cc1. The summed E-state index contributed by atoms with van der Waals surface area (Å²) in [5, 5.41) is 7.59. The highest BCUT2D eigenvalue weighted by atomic mass is 32.2. The van der Waals surface area contributed by atoms with Gasteiger partial charge >= 0.3 is 0 Å². The fraction of sp³-hybridized carbons (Fsp3) is 0.125. The van der Waals surface area contributed by atoms with Gasteiger partial charge in [0, 0.05) is 0 Å². The van der Waals surface area contributed by atoms with Crippen LogP contribution in [0, 0.1) is 6.92 Å². The molecule has 0 radical (unpaired) electrons. The summed E-state index contributed by atoms with van der Waals surface area (Å²) in [7, 11) is -3.80. The molecular weight excluding hydrogens is 330 g/mol. The van der Waals surface area contributed by atoms with Crippen LogP contribution in [0.1, 0.15) is 17.5 Å². The minimum Gasteiger partial charge on any atom is -0.445 e. The summed E-state index contributed by atoms with van der Waals surface area (Å²) in [5.41, 5.74) is 1.25. The van der Waals surface area contributed by atoms with Gasteiger partial charge in [-0.3, -0.25) is 0 Å². The van der Waals surface area contributed by atoms with Gasteiger partial charge in [0.25, 0.3) is 16.3 Å². The average molecular weight is 343 g/mol. The van der Waals surface area contributed by atoms with Crippen LogP contribution < -0.4 is 9.47 Å². The molecule has 122 valence electrons. The second-order valence-corrected chi connectivity index (χ2v) is 7.14. The van der Waals surface area contributed by atoms with Crippen LogP contribution in [0.15, 0.2) is 59.6 Å². The van der Waals surface area contributed by atoms with E-state index in [4.69, 9.17) is 9.47 Å². The number of nitrogens with zero attached hydrogens (tertiary/aromatic N) is 3. The van der Waals surface area contributed by atoms with Gasteiger partial charge in [-0.2, -0.15) is 8.42 Å². The molecule has 8 heteroatoms. The van der Waals surface area contributed by atoms with Gasteiger partial charge in [-0.15, -0.1) is 9.19 Å². The molecule has 0 atom stereocenters. The van der Waals surface area contributed by atoms with Gasteiger partial charge in [0.1, 0.15) is 0 Å². The van der Waals surface area contributed by atoms with Crippen molar-refractivity contribution in [3.63, 3.8) is 0 Å². The van der Waals surface area contributed by atoms with Gasteiger partial charge in [-0.05, 0) is 31.2 Å². The molecule has 3 aromatic rings. The van der Waals surface area contributed by atoms with Crippen molar-refractivity contribution in [2.24, 2.45) is 0 Å². The molecular formula is C16H13N3O4S. The van der Waals surface area contributed by atoms with Crippen LogP contribution in [0.4, 0.5) is 0 Å². The van der Waals surface area contributed by atoms with E-state index in [1.165, 1.54) is 18.3 Å². The number of fused-ring (bicyclic) bond motifs is 1. The zero-order chi connectivity index (χ0) is 16.7. The second kappa shape index (κ2) is 5.34. The summed E-state index contributed by atoms with van der Waals surface area (Å²) < 4.78 is 37.2. The summed E-state index contributed by atoms with van der Waals surface area (Å²) >= 11 is 0. The Morgan fingerprint density at radius 3 is 2.25 bits per heavy atom. The standard InChI is InChI=1S/C16H13N3O4S/c1-11-6-8-12(9-7-11)24(20,21)19-10-13(17-18-19)16-22-14-4-2-3-5-15(14)23-16/h2-10,16H,1H3. The Labute approximate surface area is 138 Å². The van der Waals surface area contributed by atoms with Crippen molar-refractivity contribution >= 4 is 10.0 Å². The van der Waals surface area contributed by atoms with Gasteiger partial charge in [0.2, 0.25) is 0 Å². The Morgan fingerprint density at radius 2 is 1.62 bits per heavy atom. The number of ether oxygens (including phenoxy) is 2. The van der Waals surface area contributed by atoms with Crippen molar-refractivity contribution in [2.45, 2.75) is 18.1 Å². The summed E-state index contributed by atoms with van der Waals surface area (Å²) in [6.07, 6.45) is 0.482. The molecule has 0 unspecified atom stereocenters. The number of hydrogen-bond donors (Lipinski definition) is 0. The maximum absolute atomic E-state index is 12.6. The van der Waals surface area contributed by atoms with Crippen molar-refractivity contribution < 1.29 is 17.9 Å². The van der Waals surface area contributed by atoms with Crippen LogP contribution >= 0.6 is 0 Å². The molecule has 1 aliphatic heterocycles. The molecule has 0 N–H and O–H groups in total. The van der Waals surface area contributed by atoms with E-state index in [0.717, 1.165) is 9.65 Å². The van der Waals surface area contributed by atoms with Crippen molar-refractivity contribution in [1.29, 1.82) is 0 Å². The third-order valence-corrected chi connectivity index (χ3v) is 5.15. The van der Waals surface area contributed by atoms with E-state index >= 15 is 0 Å². The van der Waals surface area contributed by atoms with Gasteiger partial charge in [0.05, 0.1) is 11.1 Å². The molecule has 2 heterocycles. The number of benzene rings is 2. The molecule has 7 nitrogen and oxygen atoms in total. The molecule has 0 saturated carbocycles. The van der Waals surface area contributed by atoms with Crippen molar-refractivity contribution in [3.05, 3.63) is 66.0 Å². The Kier molecular flexibility index (Phi) is 3.27. The highest BCUT2D eigenvalue weighted by Crippen LogP contribution is 2.39. The quantitative estimate of drug-likeness (QED) is 0.725. The fourth-order valence-electron chi connectivity index (χ4n) is 2.32. The molecule has 0 fully saturated rings. The smallest absolute Gasteiger partial charge is 0.288 e. The van der Waals surface area contributed by atoms with Crippen LogP contribution in [0.25, 0.3) is 0 Å². The number of para-hydroxylation sites is 2. The highest BCUT2D eigenvalue weighted by Gasteiger charge is 2.29. The second-order valence-electron chi connectivity index (χ2n) is 5.35. The normalized spacial score (nSPS) is 14.0. The van der Waals surface area contributed by atoms with Crippen LogP contribution in [0.2, 0.25) is 0 Å². The molecule has 1 aliphatic rings. The number of aryl methyl sites for hydroxylation is 1. The first-order valence-corrected chi connectivity index (χ1v) is 8.65. The van der Waals surface area contributed by atoms with Crippen LogP contribution in [0.3, 0.4) is 0 Å². The molecule has 0 spiro atoms. The molecule has 0 bridgehead atoms. The minimum absolute atomic E-state index is 0.140. The first kappa shape index (κ1) is 14.7. The molecule has 0 aliphatic carbocycles. The number of aromatic nitrogens is 3. The maximum Gasteiger partial charge on any atom is 0.288 e. The van der Waals surface area contributed by atoms with Crippen LogP contribution in [-0.4, -0.2) is 22.8 Å². The van der Waals surface area contributed by atoms with E-state index in [-0.39, 0.29) is 10.6 Å². The number of rotatable bonds is 3. The van der Waals surface area contributed by atoms with E-state index in [9.17, 15) is 8.42 Å². The third kappa shape index (κ3) is 2.41. The lowest BCUT2D eigenvalue weighted by Gasteiger charge is -2.06. The summed E-state index contributed by atoms with van der Waals surface area (Å²) in [6.45, 7) is 1.89. The maximum atomic E-state index is 12.6. The monoisotopic (exact) mass is 343 g/mol. The first-order valence-electron chi connectivity index (χ1n) is 7.21. The van der Waals surface area contributed by atoms with E-state index < -0.39 is 16.3 Å². The molecule has 1 aromatic heterocycles. The van der Waals surface area contributed by atoms with E-state index in [2.05, 4.69) is 10.3 Å². The molecule has 0 amide bonds. The molecule has 4 rings (SSSR count). The highest BCUT2D eigenvalue weighted by molar-refractivity contribution is 7.89. The van der Waals surface area contributed by atoms with Crippen molar-refractivity contribution in [3.8, 4) is 11.5 Å². The van der Waals surface area contributed by atoms with E-state index in [1.807, 2.05) is 19.1 Å². The van der Waals surface area contributed by atoms with E-state index in [0.29, 0.717) is 11.5 Å². The summed E-state index contributed by atoms with van der Waals surface area (Å²) in [5.74, 6) is 1.16. The average Bonchev–Trinajstić information content (AvgIpc) is 3.22. The Bertz CT molecular complexity index is 971. The molecule has 24 heavy (non-hydrogen) atoms. The van der Waals surface area contributed by atoms with Crippen LogP contribution in [-0.2, 0) is 10.0 Å². The summed E-state index contributed by atoms with van der Waals surface area (Å²) in [6, 6.07) is 13.7.